The molecule has 1 aliphatic carbocycles. The van der Waals surface area contributed by atoms with Gasteiger partial charge < -0.3 is 21.7 Å². The largest absolute Gasteiger partial charge is 1.00 e. The Bertz CT molecular complexity index is 1260. The lowest BCUT2D eigenvalue weighted by Gasteiger charge is -2.11. The number of ketones is 2. The van der Waals surface area contributed by atoms with Gasteiger partial charge in [0.25, 0.3) is 0 Å². The van der Waals surface area contributed by atoms with E-state index in [0.717, 1.165) is 16.7 Å². The van der Waals surface area contributed by atoms with Gasteiger partial charge in [-0.25, -0.2) is 4.57 Å². The number of hydrogen-bond donors (Lipinski definition) is 0. The molecule has 0 spiro atoms. The van der Waals surface area contributed by atoms with E-state index in [1.165, 1.54) is 25.1 Å². The first-order valence-corrected chi connectivity index (χ1v) is 11.0. The van der Waals surface area contributed by atoms with Crippen LogP contribution < -0.4 is 26.3 Å². The van der Waals surface area contributed by atoms with E-state index in [4.69, 9.17) is 4.74 Å². The third kappa shape index (κ3) is 6.36. The van der Waals surface area contributed by atoms with Crippen molar-refractivity contribution in [1.29, 1.82) is 0 Å². The summed E-state index contributed by atoms with van der Waals surface area (Å²) < 4.78 is 44.1. The second-order valence-corrected chi connectivity index (χ2v) is 8.73. The van der Waals surface area contributed by atoms with Crippen molar-refractivity contribution in [3.63, 3.8) is 0 Å². The minimum atomic E-state index is -4.43. The van der Waals surface area contributed by atoms with Crippen LogP contribution in [0.2, 0.25) is 0 Å². The average Bonchev–Trinajstić information content (AvgIpc) is 3.09. The van der Waals surface area contributed by atoms with E-state index >= 15 is 0 Å². The van der Waals surface area contributed by atoms with E-state index < -0.39 is 12.8 Å². The van der Waals surface area contributed by atoms with Gasteiger partial charge in [0.2, 0.25) is 0 Å². The highest BCUT2D eigenvalue weighted by atomic mass is 79.9. The molecule has 0 N–H and O–H groups in total. The number of fused-ring (bicyclic) bond motifs is 1. The zero-order valence-corrected chi connectivity index (χ0v) is 20.9. The summed E-state index contributed by atoms with van der Waals surface area (Å²) in [6.07, 6.45) is 0.0761. The van der Waals surface area contributed by atoms with Crippen LogP contribution >= 0.6 is 0 Å². The number of rotatable bonds is 7. The van der Waals surface area contributed by atoms with Crippen molar-refractivity contribution in [2.75, 3.05) is 6.61 Å². The molecule has 0 bridgehead atoms. The van der Waals surface area contributed by atoms with Gasteiger partial charge in [0.05, 0.1) is 5.56 Å². The van der Waals surface area contributed by atoms with Crippen LogP contribution in [-0.4, -0.2) is 24.3 Å². The zero-order valence-electron chi connectivity index (χ0n) is 19.4. The van der Waals surface area contributed by atoms with Crippen molar-refractivity contribution < 1.29 is 49.0 Å². The number of pyridine rings is 1. The van der Waals surface area contributed by atoms with E-state index in [9.17, 15) is 22.8 Å². The summed E-state index contributed by atoms with van der Waals surface area (Å²) in [6.45, 7) is 2.80. The lowest BCUT2D eigenvalue weighted by atomic mass is 9.92. The number of benzene rings is 2. The molecule has 1 unspecified atom stereocenters. The summed E-state index contributed by atoms with van der Waals surface area (Å²) in [4.78, 5) is 25.3. The molecule has 2 aromatic carbocycles. The van der Waals surface area contributed by atoms with E-state index in [-0.39, 0.29) is 40.2 Å². The van der Waals surface area contributed by atoms with Gasteiger partial charge in [-0.3, -0.25) is 9.59 Å². The fourth-order valence-corrected chi connectivity index (χ4v) is 4.39. The summed E-state index contributed by atoms with van der Waals surface area (Å²) >= 11 is 0. The predicted molar refractivity (Wildman–Crippen MR) is 120 cm³/mol. The highest BCUT2D eigenvalue weighted by molar-refractivity contribution is 6.03. The Morgan fingerprint density at radius 1 is 1.11 bits per heavy atom. The molecule has 1 aliphatic rings. The van der Waals surface area contributed by atoms with Crippen LogP contribution in [0.1, 0.15) is 49.9 Å². The van der Waals surface area contributed by atoms with Gasteiger partial charge in [-0.05, 0) is 61.6 Å². The molecule has 1 aromatic heterocycles. The van der Waals surface area contributed by atoms with Crippen molar-refractivity contribution in [3.05, 3.63) is 94.3 Å². The Kier molecular flexibility index (Phi) is 8.15. The molecule has 0 aliphatic heterocycles. The maximum atomic E-state index is 12.9. The Labute approximate surface area is 212 Å². The van der Waals surface area contributed by atoms with E-state index in [2.05, 4.69) is 0 Å². The average molecular weight is 548 g/mol. The summed E-state index contributed by atoms with van der Waals surface area (Å²) in [5.74, 6) is -0.437. The van der Waals surface area contributed by atoms with Gasteiger partial charge in [-0.2, -0.15) is 13.2 Å². The normalized spacial score (nSPS) is 14.9. The van der Waals surface area contributed by atoms with Crippen LogP contribution in [-0.2, 0) is 19.4 Å². The van der Waals surface area contributed by atoms with Gasteiger partial charge in [0, 0.05) is 23.1 Å². The Morgan fingerprint density at radius 3 is 2.54 bits per heavy atom. The molecular formula is C27H25BrF3NO3. The minimum Gasteiger partial charge on any atom is -1.00 e. The van der Waals surface area contributed by atoms with Crippen LogP contribution in [0, 0.1) is 12.8 Å². The molecule has 0 fully saturated rings. The number of aromatic nitrogens is 1. The Hall–Kier alpha value is -3.00. The number of alkyl halides is 3. The van der Waals surface area contributed by atoms with Crippen molar-refractivity contribution in [2.24, 2.45) is 5.92 Å². The molecule has 0 saturated carbocycles. The van der Waals surface area contributed by atoms with Crippen LogP contribution in [0.5, 0.6) is 5.75 Å². The smallest absolute Gasteiger partial charge is 0.422 e. The fourth-order valence-electron chi connectivity index (χ4n) is 4.39. The SMILES string of the molecule is CC(=O)c1c[n+](Cc2ccccc2C)ccc1CC1Cc2cc(OCC(F)(F)F)ccc2C1=O.[Br-]. The highest BCUT2D eigenvalue weighted by Crippen LogP contribution is 2.33. The standard InChI is InChI=1S/C27H25F3NO3.BrH/c1-17-5-3-4-6-20(17)14-31-10-9-19(25(15-31)18(2)32)11-22-12-21-13-23(34-16-27(28,29)30)7-8-24(21)26(22)33;/h3-10,13,15,22H,11-12,14,16H2,1-2H3;1H/q+1;/p-1. The number of nitrogens with zero attached hydrogens (tertiary/aromatic N) is 1. The van der Waals surface area contributed by atoms with Crippen molar-refractivity contribution in [3.8, 4) is 5.75 Å². The molecular weight excluding hydrogens is 523 g/mol. The maximum Gasteiger partial charge on any atom is 0.422 e. The lowest BCUT2D eigenvalue weighted by molar-refractivity contribution is -0.688. The summed E-state index contributed by atoms with van der Waals surface area (Å²) in [7, 11) is 0. The van der Waals surface area contributed by atoms with Crippen molar-refractivity contribution >= 4 is 11.6 Å². The second kappa shape index (κ2) is 10.7. The van der Waals surface area contributed by atoms with Crippen LogP contribution in [0.15, 0.2) is 60.9 Å². The van der Waals surface area contributed by atoms with E-state index in [1.807, 2.05) is 54.2 Å². The number of carbonyl (C=O) groups excluding carboxylic acids is 2. The maximum absolute atomic E-state index is 12.9. The molecule has 184 valence electrons. The summed E-state index contributed by atoms with van der Waals surface area (Å²) in [5, 5.41) is 0. The number of hydrogen-bond acceptors (Lipinski definition) is 3. The van der Waals surface area contributed by atoms with Crippen molar-refractivity contribution in [1.82, 2.24) is 0 Å². The van der Waals surface area contributed by atoms with Crippen LogP contribution in [0.4, 0.5) is 13.2 Å². The molecule has 3 aromatic rings. The molecule has 4 nitrogen and oxygen atoms in total. The first kappa shape index (κ1) is 26.6. The third-order valence-corrected chi connectivity index (χ3v) is 6.15. The molecule has 0 radical (unpaired) electrons. The predicted octanol–water partition coefficient (Wildman–Crippen LogP) is 2.08. The minimum absolute atomic E-state index is 0. The second-order valence-electron chi connectivity index (χ2n) is 8.73. The molecule has 1 heterocycles. The summed E-state index contributed by atoms with van der Waals surface area (Å²) in [6, 6.07) is 14.3. The van der Waals surface area contributed by atoms with E-state index in [0.29, 0.717) is 36.1 Å². The lowest BCUT2D eigenvalue weighted by Crippen LogP contribution is -3.00. The summed E-state index contributed by atoms with van der Waals surface area (Å²) in [5.41, 5.74) is 4.84. The number of Topliss-reactive ketones (excluding diaryl/α,β-unsaturated/α-hetero) is 2. The van der Waals surface area contributed by atoms with Gasteiger partial charge in [0.1, 0.15) is 5.75 Å². The number of halogens is 4. The Morgan fingerprint density at radius 2 is 1.86 bits per heavy atom. The first-order valence-electron chi connectivity index (χ1n) is 11.0. The monoisotopic (exact) mass is 547 g/mol. The molecule has 0 saturated heterocycles. The fraction of sp³-hybridized carbons (Fsp3) is 0.296. The number of carbonyl (C=O) groups is 2. The molecule has 0 amide bonds. The third-order valence-electron chi connectivity index (χ3n) is 6.15. The molecule has 4 rings (SSSR count). The van der Waals surface area contributed by atoms with E-state index in [1.54, 1.807) is 0 Å². The quantitative estimate of drug-likeness (QED) is 0.336. The highest BCUT2D eigenvalue weighted by Gasteiger charge is 2.33. The Balaban J connectivity index is 0.00000342. The first-order chi connectivity index (χ1) is 16.1. The molecule has 8 heteroatoms. The van der Waals surface area contributed by atoms with Gasteiger partial charge >= 0.3 is 6.18 Å². The number of aryl methyl sites for hydroxylation is 1. The van der Waals surface area contributed by atoms with Gasteiger partial charge in [-0.1, -0.05) is 24.3 Å². The van der Waals surface area contributed by atoms with Crippen LogP contribution in [0.25, 0.3) is 0 Å². The van der Waals surface area contributed by atoms with Gasteiger partial charge in [0.15, 0.2) is 37.1 Å². The van der Waals surface area contributed by atoms with Crippen LogP contribution in [0.3, 0.4) is 0 Å². The zero-order chi connectivity index (χ0) is 24.5. The molecule has 35 heavy (non-hydrogen) atoms. The van der Waals surface area contributed by atoms with Gasteiger partial charge in [-0.15, -0.1) is 0 Å². The molecule has 1 atom stereocenters. The van der Waals surface area contributed by atoms with Crippen molar-refractivity contribution in [2.45, 2.75) is 39.4 Å². The topological polar surface area (TPSA) is 47.2 Å². The number of ether oxygens (including phenoxy) is 1.